The zero-order chi connectivity index (χ0) is 33.1. The van der Waals surface area contributed by atoms with E-state index in [1.165, 1.54) is 35.4 Å². The summed E-state index contributed by atoms with van der Waals surface area (Å²) in [5, 5.41) is 23.4. The van der Waals surface area contributed by atoms with Gasteiger partial charge in [0.2, 0.25) is 5.95 Å². The fraction of sp³-hybridized carbons (Fsp3) is 0.243. The summed E-state index contributed by atoms with van der Waals surface area (Å²) < 4.78 is 3.25. The largest absolute Gasteiger partial charge is 0.508 e. The number of phenols is 2. The van der Waals surface area contributed by atoms with E-state index in [9.17, 15) is 19.8 Å². The van der Waals surface area contributed by atoms with E-state index in [1.807, 2.05) is 77.1 Å². The molecule has 9 nitrogen and oxygen atoms in total. The first-order valence-corrected chi connectivity index (χ1v) is 15.4. The maximum absolute atomic E-state index is 13.0. The van der Waals surface area contributed by atoms with Gasteiger partial charge in [-0.25, -0.2) is 14.5 Å². The van der Waals surface area contributed by atoms with Gasteiger partial charge in [0.05, 0.1) is 33.2 Å². The first kappa shape index (κ1) is 32.0. The SMILES string of the molecule is CCNc1nc2cc(O)ccc2c(=O)n1-c1ccc(CC)cc1.Cc1ccc(-n2c(C(C)C)nc3cc(O)ccc3c2=O)cc1C. The highest BCUT2D eigenvalue weighted by Gasteiger charge is 2.16. The predicted molar refractivity (Wildman–Crippen MR) is 185 cm³/mol. The van der Waals surface area contributed by atoms with E-state index in [2.05, 4.69) is 22.2 Å². The van der Waals surface area contributed by atoms with E-state index in [-0.39, 0.29) is 28.5 Å². The van der Waals surface area contributed by atoms with E-state index in [4.69, 9.17) is 0 Å². The molecule has 0 saturated carbocycles. The molecule has 46 heavy (non-hydrogen) atoms. The van der Waals surface area contributed by atoms with Gasteiger partial charge in [-0.1, -0.05) is 39.0 Å². The van der Waals surface area contributed by atoms with Crippen LogP contribution in [0.3, 0.4) is 0 Å². The minimum Gasteiger partial charge on any atom is -0.508 e. The van der Waals surface area contributed by atoms with Crippen molar-refractivity contribution in [1.82, 2.24) is 19.1 Å². The molecule has 0 bridgehead atoms. The van der Waals surface area contributed by atoms with E-state index in [0.717, 1.165) is 23.4 Å². The number of rotatable bonds is 6. The van der Waals surface area contributed by atoms with Crippen molar-refractivity contribution >= 4 is 27.8 Å². The first-order chi connectivity index (χ1) is 22.0. The van der Waals surface area contributed by atoms with Crippen LogP contribution < -0.4 is 16.4 Å². The fourth-order valence-electron chi connectivity index (χ4n) is 5.26. The van der Waals surface area contributed by atoms with E-state index < -0.39 is 0 Å². The maximum Gasteiger partial charge on any atom is 0.267 e. The lowest BCUT2D eigenvalue weighted by Gasteiger charge is -2.17. The number of aromatic hydroxyl groups is 2. The normalized spacial score (nSPS) is 11.1. The highest BCUT2D eigenvalue weighted by atomic mass is 16.3. The highest BCUT2D eigenvalue weighted by molar-refractivity contribution is 5.81. The Labute approximate surface area is 267 Å². The molecule has 6 aromatic rings. The molecule has 0 aliphatic heterocycles. The van der Waals surface area contributed by atoms with Crippen LogP contribution in [0.2, 0.25) is 0 Å². The maximum atomic E-state index is 13.0. The molecule has 0 atom stereocenters. The summed E-state index contributed by atoms with van der Waals surface area (Å²) >= 11 is 0. The molecule has 4 aromatic carbocycles. The van der Waals surface area contributed by atoms with Crippen molar-refractivity contribution in [2.24, 2.45) is 0 Å². The minimum absolute atomic E-state index is 0.0797. The van der Waals surface area contributed by atoms with Crippen molar-refractivity contribution in [3.63, 3.8) is 0 Å². The van der Waals surface area contributed by atoms with Crippen LogP contribution in [-0.2, 0) is 6.42 Å². The summed E-state index contributed by atoms with van der Waals surface area (Å²) in [6.45, 7) is 12.8. The third-order valence-corrected chi connectivity index (χ3v) is 7.93. The van der Waals surface area contributed by atoms with Crippen LogP contribution in [0.5, 0.6) is 11.5 Å². The Bertz CT molecular complexity index is 2170. The average Bonchev–Trinajstić information content (AvgIpc) is 3.03. The number of anilines is 1. The summed E-state index contributed by atoms with van der Waals surface area (Å²) in [7, 11) is 0. The quantitative estimate of drug-likeness (QED) is 0.186. The van der Waals surface area contributed by atoms with Gasteiger partial charge in [0.1, 0.15) is 17.3 Å². The molecule has 0 fully saturated rings. The molecule has 2 heterocycles. The van der Waals surface area contributed by atoms with Crippen LogP contribution in [-0.4, -0.2) is 35.9 Å². The third kappa shape index (κ3) is 6.35. The Kier molecular flexibility index (Phi) is 9.23. The van der Waals surface area contributed by atoms with Crippen molar-refractivity contribution < 1.29 is 10.2 Å². The predicted octanol–water partition coefficient (Wildman–Crippen LogP) is 6.92. The molecule has 0 spiro atoms. The Morgan fingerprint density at radius 3 is 1.80 bits per heavy atom. The zero-order valence-corrected chi connectivity index (χ0v) is 27.0. The summed E-state index contributed by atoms with van der Waals surface area (Å²) in [6, 6.07) is 23.1. The van der Waals surface area contributed by atoms with Gasteiger partial charge in [0.15, 0.2) is 0 Å². The number of hydrogen-bond acceptors (Lipinski definition) is 7. The molecule has 2 aromatic heterocycles. The summed E-state index contributed by atoms with van der Waals surface area (Å²) in [6.07, 6.45) is 0.949. The summed E-state index contributed by atoms with van der Waals surface area (Å²) in [5.74, 6) is 1.45. The van der Waals surface area contributed by atoms with Crippen LogP contribution >= 0.6 is 0 Å². The van der Waals surface area contributed by atoms with Gasteiger partial charge >= 0.3 is 0 Å². The van der Waals surface area contributed by atoms with Crippen LogP contribution in [0.1, 0.15) is 56.1 Å². The van der Waals surface area contributed by atoms with E-state index in [0.29, 0.717) is 40.1 Å². The van der Waals surface area contributed by atoms with Crippen LogP contribution in [0.15, 0.2) is 88.5 Å². The van der Waals surface area contributed by atoms with Crippen molar-refractivity contribution in [3.8, 4) is 22.9 Å². The molecular formula is C37H39N5O4. The lowest BCUT2D eigenvalue weighted by Crippen LogP contribution is -2.24. The molecule has 0 radical (unpaired) electrons. The molecule has 6 rings (SSSR count). The zero-order valence-electron chi connectivity index (χ0n) is 27.0. The first-order valence-electron chi connectivity index (χ1n) is 15.4. The van der Waals surface area contributed by atoms with Crippen molar-refractivity contribution in [3.05, 3.63) is 122 Å². The molecule has 0 saturated heterocycles. The standard InChI is InChI=1S/C19H20N2O2.C18H19N3O2/c1-11(2)18-20-17-10-15(22)7-8-16(17)19(23)21(18)14-6-5-12(3)13(4)9-14;1-3-12-5-7-13(8-6-12)21-17(23)15-10-9-14(22)11-16(15)20-18(21)19-4-2/h5-11,22H,1-4H3;5-11,22H,3-4H2,1-2H3,(H,19,20). The smallest absolute Gasteiger partial charge is 0.267 e. The second-order valence-electron chi connectivity index (χ2n) is 11.6. The Hall–Kier alpha value is -5.44. The number of benzene rings is 4. The second kappa shape index (κ2) is 13.3. The number of nitrogens with zero attached hydrogens (tertiary/aromatic N) is 4. The highest BCUT2D eigenvalue weighted by Crippen LogP contribution is 2.23. The number of phenolic OH excluding ortho intramolecular Hbond substituents is 2. The van der Waals surface area contributed by atoms with Gasteiger partial charge in [-0.15, -0.1) is 0 Å². The van der Waals surface area contributed by atoms with Crippen LogP contribution in [0.25, 0.3) is 33.2 Å². The number of hydrogen-bond donors (Lipinski definition) is 3. The molecule has 236 valence electrons. The van der Waals surface area contributed by atoms with Gasteiger partial charge < -0.3 is 15.5 Å². The number of fused-ring (bicyclic) bond motifs is 2. The third-order valence-electron chi connectivity index (χ3n) is 7.93. The summed E-state index contributed by atoms with van der Waals surface area (Å²) in [5.41, 5.74) is 5.87. The molecule has 0 amide bonds. The van der Waals surface area contributed by atoms with Crippen LogP contribution in [0, 0.1) is 13.8 Å². The Balaban J connectivity index is 0.000000181. The number of aromatic nitrogens is 4. The minimum atomic E-state index is -0.157. The molecule has 3 N–H and O–H groups in total. The van der Waals surface area contributed by atoms with Crippen molar-refractivity contribution in [2.45, 2.75) is 53.9 Å². The lowest BCUT2D eigenvalue weighted by atomic mass is 10.1. The molecule has 9 heteroatoms. The summed E-state index contributed by atoms with van der Waals surface area (Å²) in [4.78, 5) is 35.0. The average molecular weight is 618 g/mol. The van der Waals surface area contributed by atoms with Crippen molar-refractivity contribution in [1.29, 1.82) is 0 Å². The van der Waals surface area contributed by atoms with Gasteiger partial charge in [-0.2, -0.15) is 0 Å². The second-order valence-corrected chi connectivity index (χ2v) is 11.6. The lowest BCUT2D eigenvalue weighted by molar-refractivity contribution is 0.475. The van der Waals surface area contributed by atoms with Crippen LogP contribution in [0.4, 0.5) is 5.95 Å². The van der Waals surface area contributed by atoms with Gasteiger partial charge in [-0.05, 0) is 92.4 Å². The number of nitrogens with one attached hydrogen (secondary N) is 1. The van der Waals surface area contributed by atoms with E-state index in [1.54, 1.807) is 21.3 Å². The van der Waals surface area contributed by atoms with Crippen molar-refractivity contribution in [2.75, 3.05) is 11.9 Å². The molecule has 0 aliphatic carbocycles. The number of aryl methyl sites for hydroxylation is 3. The van der Waals surface area contributed by atoms with Gasteiger partial charge in [-0.3, -0.25) is 14.2 Å². The molecule has 0 aliphatic rings. The monoisotopic (exact) mass is 617 g/mol. The van der Waals surface area contributed by atoms with E-state index >= 15 is 0 Å². The molecular weight excluding hydrogens is 578 g/mol. The Morgan fingerprint density at radius 1 is 0.696 bits per heavy atom. The topological polar surface area (TPSA) is 122 Å². The molecule has 0 unspecified atom stereocenters. The Morgan fingerprint density at radius 2 is 1.26 bits per heavy atom. The fourth-order valence-corrected chi connectivity index (χ4v) is 5.26. The van der Waals surface area contributed by atoms with Gasteiger partial charge in [0, 0.05) is 24.6 Å². The van der Waals surface area contributed by atoms with Gasteiger partial charge in [0.25, 0.3) is 11.1 Å².